The molecule has 0 aromatic rings. The van der Waals surface area contributed by atoms with E-state index in [9.17, 15) is 9.90 Å². The van der Waals surface area contributed by atoms with E-state index in [0.717, 1.165) is 51.4 Å². The van der Waals surface area contributed by atoms with Crippen molar-refractivity contribution in [3.8, 4) is 0 Å². The molecule has 2 saturated carbocycles. The molecule has 80 valence electrons. The SMILES string of the molecule is O=C1CCCCC1CC1(O)CCCC1. The lowest BCUT2D eigenvalue weighted by atomic mass is 9.79. The first kappa shape index (κ1) is 10.2. The van der Waals surface area contributed by atoms with Crippen LogP contribution in [0.5, 0.6) is 0 Å². The molecule has 0 aromatic heterocycles. The highest BCUT2D eigenvalue weighted by atomic mass is 16.3. The van der Waals surface area contributed by atoms with E-state index in [1.807, 2.05) is 0 Å². The van der Waals surface area contributed by atoms with Crippen LogP contribution in [0.2, 0.25) is 0 Å². The van der Waals surface area contributed by atoms with Crippen molar-refractivity contribution in [3.63, 3.8) is 0 Å². The third kappa shape index (κ3) is 2.17. The topological polar surface area (TPSA) is 37.3 Å². The quantitative estimate of drug-likeness (QED) is 0.736. The van der Waals surface area contributed by atoms with Gasteiger partial charge in [0.15, 0.2) is 0 Å². The van der Waals surface area contributed by atoms with Gasteiger partial charge in [0.2, 0.25) is 0 Å². The van der Waals surface area contributed by atoms with E-state index < -0.39 is 5.60 Å². The molecule has 1 atom stereocenters. The van der Waals surface area contributed by atoms with E-state index in [0.29, 0.717) is 5.78 Å². The molecule has 14 heavy (non-hydrogen) atoms. The maximum atomic E-state index is 11.6. The number of aliphatic hydroxyl groups is 1. The highest BCUT2D eigenvalue weighted by Gasteiger charge is 2.36. The molecular formula is C12H20O2. The first-order chi connectivity index (χ1) is 6.70. The van der Waals surface area contributed by atoms with E-state index in [1.54, 1.807) is 0 Å². The van der Waals surface area contributed by atoms with Gasteiger partial charge < -0.3 is 5.11 Å². The zero-order valence-electron chi connectivity index (χ0n) is 8.80. The third-order valence-corrected chi connectivity index (χ3v) is 3.84. The van der Waals surface area contributed by atoms with Crippen molar-refractivity contribution < 1.29 is 9.90 Å². The lowest BCUT2D eigenvalue weighted by molar-refractivity contribution is -0.127. The molecule has 1 N–H and O–H groups in total. The molecular weight excluding hydrogens is 176 g/mol. The van der Waals surface area contributed by atoms with Crippen LogP contribution in [0.1, 0.15) is 57.8 Å². The molecule has 1 unspecified atom stereocenters. The normalized spacial score (nSPS) is 32.1. The Morgan fingerprint density at radius 2 is 1.93 bits per heavy atom. The fourth-order valence-corrected chi connectivity index (χ4v) is 2.97. The van der Waals surface area contributed by atoms with E-state index in [1.165, 1.54) is 6.42 Å². The Hall–Kier alpha value is -0.370. The number of hydrogen-bond donors (Lipinski definition) is 1. The summed E-state index contributed by atoms with van der Waals surface area (Å²) in [6.07, 6.45) is 8.84. The smallest absolute Gasteiger partial charge is 0.136 e. The zero-order valence-corrected chi connectivity index (χ0v) is 8.80. The van der Waals surface area contributed by atoms with Gasteiger partial charge in [-0.05, 0) is 32.1 Å². The molecule has 0 aromatic carbocycles. The molecule has 2 rings (SSSR count). The number of hydrogen-bond acceptors (Lipinski definition) is 2. The number of carbonyl (C=O) groups excluding carboxylic acids is 1. The summed E-state index contributed by atoms with van der Waals surface area (Å²) >= 11 is 0. The van der Waals surface area contributed by atoms with Gasteiger partial charge >= 0.3 is 0 Å². The minimum Gasteiger partial charge on any atom is -0.390 e. The molecule has 2 fully saturated rings. The van der Waals surface area contributed by atoms with Gasteiger partial charge in [0.25, 0.3) is 0 Å². The van der Waals surface area contributed by atoms with Crippen molar-refractivity contribution >= 4 is 5.78 Å². The van der Waals surface area contributed by atoms with Crippen molar-refractivity contribution in [1.29, 1.82) is 0 Å². The van der Waals surface area contributed by atoms with Crippen LogP contribution >= 0.6 is 0 Å². The predicted molar refractivity (Wildman–Crippen MR) is 55.0 cm³/mol. The van der Waals surface area contributed by atoms with Gasteiger partial charge in [-0.3, -0.25) is 4.79 Å². The molecule has 0 aliphatic heterocycles. The summed E-state index contributed by atoms with van der Waals surface area (Å²) in [4.78, 5) is 11.6. The van der Waals surface area contributed by atoms with E-state index in [4.69, 9.17) is 0 Å². The second-order valence-corrected chi connectivity index (χ2v) is 5.04. The fraction of sp³-hybridized carbons (Fsp3) is 0.917. The van der Waals surface area contributed by atoms with Gasteiger partial charge in [-0.25, -0.2) is 0 Å². The first-order valence-corrected chi connectivity index (χ1v) is 5.95. The fourth-order valence-electron chi connectivity index (χ4n) is 2.97. The lowest BCUT2D eigenvalue weighted by Crippen LogP contribution is -2.32. The Morgan fingerprint density at radius 3 is 2.57 bits per heavy atom. The van der Waals surface area contributed by atoms with Crippen LogP contribution in [-0.2, 0) is 4.79 Å². The first-order valence-electron chi connectivity index (χ1n) is 5.95. The summed E-state index contributed by atoms with van der Waals surface area (Å²) in [5.74, 6) is 0.573. The highest BCUT2D eigenvalue weighted by Crippen LogP contribution is 2.37. The molecule has 2 heteroatoms. The molecule has 0 bridgehead atoms. The predicted octanol–water partition coefficient (Wildman–Crippen LogP) is 2.44. The molecule has 2 aliphatic carbocycles. The highest BCUT2D eigenvalue weighted by molar-refractivity contribution is 5.81. The standard InChI is InChI=1S/C12H20O2/c13-11-6-2-1-5-10(11)9-12(14)7-3-4-8-12/h10,14H,1-9H2. The monoisotopic (exact) mass is 196 g/mol. The number of carbonyl (C=O) groups is 1. The van der Waals surface area contributed by atoms with Crippen molar-refractivity contribution in [2.75, 3.05) is 0 Å². The molecule has 2 nitrogen and oxygen atoms in total. The summed E-state index contributed by atoms with van der Waals surface area (Å²) in [6.45, 7) is 0. The average molecular weight is 196 g/mol. The summed E-state index contributed by atoms with van der Waals surface area (Å²) in [6, 6.07) is 0. The maximum absolute atomic E-state index is 11.6. The van der Waals surface area contributed by atoms with Gasteiger partial charge in [-0.1, -0.05) is 19.3 Å². The van der Waals surface area contributed by atoms with Gasteiger partial charge in [0.1, 0.15) is 5.78 Å². The van der Waals surface area contributed by atoms with Crippen LogP contribution < -0.4 is 0 Å². The Kier molecular flexibility index (Phi) is 2.91. The number of ketones is 1. The van der Waals surface area contributed by atoms with Crippen molar-refractivity contribution in [2.24, 2.45) is 5.92 Å². The number of rotatable bonds is 2. The van der Waals surface area contributed by atoms with Gasteiger partial charge in [-0.15, -0.1) is 0 Å². The van der Waals surface area contributed by atoms with E-state index in [2.05, 4.69) is 0 Å². The Labute approximate surface area is 85.7 Å². The van der Waals surface area contributed by atoms with Crippen LogP contribution in [0.3, 0.4) is 0 Å². The molecule has 2 aliphatic rings. The van der Waals surface area contributed by atoms with Gasteiger partial charge in [0.05, 0.1) is 5.60 Å². The Morgan fingerprint density at radius 1 is 1.21 bits per heavy atom. The zero-order chi connectivity index (χ0) is 10.0. The van der Waals surface area contributed by atoms with Crippen molar-refractivity contribution in [1.82, 2.24) is 0 Å². The van der Waals surface area contributed by atoms with Crippen molar-refractivity contribution in [3.05, 3.63) is 0 Å². The minimum absolute atomic E-state index is 0.173. The largest absolute Gasteiger partial charge is 0.390 e. The van der Waals surface area contributed by atoms with Crippen LogP contribution in [0.15, 0.2) is 0 Å². The molecule has 0 heterocycles. The molecule has 0 amide bonds. The van der Waals surface area contributed by atoms with E-state index in [-0.39, 0.29) is 5.92 Å². The molecule has 0 saturated heterocycles. The minimum atomic E-state index is -0.488. The lowest BCUT2D eigenvalue weighted by Gasteiger charge is -2.29. The summed E-state index contributed by atoms with van der Waals surface area (Å²) in [5.41, 5.74) is -0.488. The third-order valence-electron chi connectivity index (χ3n) is 3.84. The molecule has 0 radical (unpaired) electrons. The second kappa shape index (κ2) is 4.01. The Balaban J connectivity index is 1.91. The van der Waals surface area contributed by atoms with Crippen LogP contribution in [-0.4, -0.2) is 16.5 Å². The second-order valence-electron chi connectivity index (χ2n) is 5.04. The maximum Gasteiger partial charge on any atom is 0.136 e. The molecule has 0 spiro atoms. The summed E-state index contributed by atoms with van der Waals surface area (Å²) in [5, 5.41) is 10.2. The van der Waals surface area contributed by atoms with Crippen LogP contribution in [0.25, 0.3) is 0 Å². The van der Waals surface area contributed by atoms with Gasteiger partial charge in [0, 0.05) is 12.3 Å². The van der Waals surface area contributed by atoms with E-state index >= 15 is 0 Å². The number of Topliss-reactive ketones (excluding diaryl/α,β-unsaturated/α-hetero) is 1. The summed E-state index contributed by atoms with van der Waals surface area (Å²) in [7, 11) is 0. The van der Waals surface area contributed by atoms with Crippen LogP contribution in [0.4, 0.5) is 0 Å². The Bertz CT molecular complexity index is 216. The van der Waals surface area contributed by atoms with Crippen molar-refractivity contribution in [2.45, 2.75) is 63.4 Å². The van der Waals surface area contributed by atoms with Crippen LogP contribution in [0, 0.1) is 5.92 Å². The average Bonchev–Trinajstić information content (AvgIpc) is 2.57. The van der Waals surface area contributed by atoms with Gasteiger partial charge in [-0.2, -0.15) is 0 Å². The summed E-state index contributed by atoms with van der Waals surface area (Å²) < 4.78 is 0.